The normalized spacial score (nSPS) is 18.3. The number of pyridine rings is 1. The van der Waals surface area contributed by atoms with Crippen LogP contribution < -0.4 is 20.1 Å². The molecule has 0 bridgehead atoms. The largest absolute Gasteiger partial charge is 0.573 e. The number of ether oxygens (including phenoxy) is 2. The second-order valence-corrected chi connectivity index (χ2v) is 12.3. The fourth-order valence-corrected chi connectivity index (χ4v) is 6.21. The molecule has 1 saturated carbocycles. The molecule has 14 heteroatoms. The molecule has 2 heterocycles. The zero-order valence-corrected chi connectivity index (χ0v) is 25.3. The van der Waals surface area contributed by atoms with Crippen LogP contribution >= 0.6 is 0 Å². The van der Waals surface area contributed by atoms with Crippen LogP contribution in [0.4, 0.5) is 38.0 Å². The summed E-state index contributed by atoms with van der Waals surface area (Å²) in [4.78, 5) is 20.9. The molecule has 8 nitrogen and oxygen atoms in total. The second kappa shape index (κ2) is 12.7. The predicted molar refractivity (Wildman–Crippen MR) is 159 cm³/mol. The van der Waals surface area contributed by atoms with E-state index in [0.717, 1.165) is 30.8 Å². The van der Waals surface area contributed by atoms with Crippen LogP contribution in [0.1, 0.15) is 57.3 Å². The van der Waals surface area contributed by atoms with E-state index in [1.165, 1.54) is 36.5 Å². The average Bonchev–Trinajstić information content (AvgIpc) is 3.31. The molecule has 2 atom stereocenters. The molecule has 5 rings (SSSR count). The summed E-state index contributed by atoms with van der Waals surface area (Å²) >= 11 is 0. The van der Waals surface area contributed by atoms with Gasteiger partial charge in [0.15, 0.2) is 6.61 Å². The van der Waals surface area contributed by atoms with Crippen molar-refractivity contribution in [2.45, 2.75) is 65.2 Å². The smallest absolute Gasteiger partial charge is 0.484 e. The molecule has 1 fully saturated rings. The third kappa shape index (κ3) is 8.20. The quantitative estimate of drug-likeness (QED) is 0.178. The minimum Gasteiger partial charge on any atom is -0.484 e. The van der Waals surface area contributed by atoms with Gasteiger partial charge in [0.05, 0.1) is 28.8 Å². The zero-order valence-electron chi connectivity index (χ0n) is 25.3. The lowest BCUT2D eigenvalue weighted by Gasteiger charge is -2.40. The van der Waals surface area contributed by atoms with Crippen LogP contribution in [0.3, 0.4) is 0 Å². The number of hydrogen-bond donors (Lipinski definition) is 2. The van der Waals surface area contributed by atoms with Gasteiger partial charge >= 0.3 is 12.5 Å². The van der Waals surface area contributed by atoms with Crippen molar-refractivity contribution in [2.24, 2.45) is 11.3 Å². The lowest BCUT2D eigenvalue weighted by Crippen LogP contribution is -2.30. The monoisotopic (exact) mass is 649 g/mol. The predicted octanol–water partition coefficient (Wildman–Crippen LogP) is 8.17. The minimum atomic E-state index is -4.80. The highest BCUT2D eigenvalue weighted by Gasteiger charge is 2.36. The molecule has 2 unspecified atom stereocenters. The Morgan fingerprint density at radius 1 is 1.02 bits per heavy atom. The molecule has 4 aromatic rings. The highest BCUT2D eigenvalue weighted by molar-refractivity contribution is 5.82. The summed E-state index contributed by atoms with van der Waals surface area (Å²) in [6.07, 6.45) is -5.35. The molecular formula is C32H33F6N5O3. The van der Waals surface area contributed by atoms with E-state index < -0.39 is 37.2 Å². The second-order valence-electron chi connectivity index (χ2n) is 12.3. The maximum absolute atomic E-state index is 13.2. The number of halogens is 6. The molecule has 2 aromatic heterocycles. The number of carbonyl (C=O) groups excluding carboxylic acids is 1. The first-order valence-electron chi connectivity index (χ1n) is 14.6. The van der Waals surface area contributed by atoms with Gasteiger partial charge in [0.1, 0.15) is 11.5 Å². The van der Waals surface area contributed by atoms with Crippen molar-refractivity contribution in [2.75, 3.05) is 11.9 Å². The summed E-state index contributed by atoms with van der Waals surface area (Å²) in [5, 5.41) is 5.64. The van der Waals surface area contributed by atoms with Gasteiger partial charge < -0.3 is 24.7 Å². The van der Waals surface area contributed by atoms with Crippen LogP contribution in [0.15, 0.2) is 60.8 Å². The molecule has 1 aliphatic carbocycles. The topological polar surface area (TPSA) is 90.3 Å². The number of carbonyl (C=O) groups is 1. The first-order chi connectivity index (χ1) is 21.6. The average molecular weight is 650 g/mol. The Balaban J connectivity index is 1.35. The van der Waals surface area contributed by atoms with Gasteiger partial charge in [0, 0.05) is 24.0 Å². The number of nitrogens with zero attached hydrogens (tertiary/aromatic N) is 3. The number of hydrogen-bond acceptors (Lipinski definition) is 6. The Morgan fingerprint density at radius 3 is 2.41 bits per heavy atom. The van der Waals surface area contributed by atoms with Gasteiger partial charge in [-0.05, 0) is 79.1 Å². The summed E-state index contributed by atoms with van der Waals surface area (Å²) < 4.78 is 89.3. The number of fused-ring (bicyclic) bond motifs is 1. The van der Waals surface area contributed by atoms with Gasteiger partial charge in [-0.15, -0.1) is 13.2 Å². The van der Waals surface area contributed by atoms with E-state index in [0.29, 0.717) is 28.8 Å². The summed E-state index contributed by atoms with van der Waals surface area (Å²) in [5.41, 5.74) is 0.683. The van der Waals surface area contributed by atoms with Gasteiger partial charge in [-0.1, -0.05) is 20.8 Å². The number of benzene rings is 2. The Bertz CT molecular complexity index is 1680. The highest BCUT2D eigenvalue weighted by atomic mass is 19.4. The molecule has 2 aromatic carbocycles. The van der Waals surface area contributed by atoms with Crippen LogP contribution in [0.2, 0.25) is 0 Å². The van der Waals surface area contributed by atoms with E-state index in [1.807, 2.05) is 6.07 Å². The van der Waals surface area contributed by atoms with E-state index in [4.69, 9.17) is 9.72 Å². The van der Waals surface area contributed by atoms with Crippen molar-refractivity contribution in [1.82, 2.24) is 19.9 Å². The molecule has 246 valence electrons. The van der Waals surface area contributed by atoms with Gasteiger partial charge in [0.2, 0.25) is 5.95 Å². The van der Waals surface area contributed by atoms with Crippen molar-refractivity contribution >= 4 is 28.6 Å². The lowest BCUT2D eigenvalue weighted by atomic mass is 9.70. The van der Waals surface area contributed by atoms with E-state index in [1.54, 1.807) is 12.1 Å². The highest BCUT2D eigenvalue weighted by Crippen LogP contribution is 2.46. The fraction of sp³-hybridized carbons (Fsp3) is 0.406. The van der Waals surface area contributed by atoms with E-state index in [2.05, 4.69) is 45.7 Å². The molecule has 2 N–H and O–H groups in total. The van der Waals surface area contributed by atoms with Gasteiger partial charge in [-0.2, -0.15) is 13.2 Å². The molecule has 46 heavy (non-hydrogen) atoms. The maximum Gasteiger partial charge on any atom is 0.573 e. The summed E-state index contributed by atoms with van der Waals surface area (Å²) in [7, 11) is 0. The molecule has 0 aliphatic heterocycles. The van der Waals surface area contributed by atoms with E-state index in [9.17, 15) is 31.1 Å². The minimum absolute atomic E-state index is 0.0688. The lowest BCUT2D eigenvalue weighted by molar-refractivity contribution is -0.274. The van der Waals surface area contributed by atoms with Crippen LogP contribution in [0.5, 0.6) is 11.5 Å². The number of alkyl halides is 6. The van der Waals surface area contributed by atoms with Gasteiger partial charge in [-0.3, -0.25) is 9.78 Å². The van der Waals surface area contributed by atoms with E-state index in [-0.39, 0.29) is 22.9 Å². The Morgan fingerprint density at radius 2 is 1.74 bits per heavy atom. The van der Waals surface area contributed by atoms with Crippen LogP contribution in [0, 0.1) is 11.3 Å². The summed E-state index contributed by atoms with van der Waals surface area (Å²) in [5.74, 6) is 0.264. The van der Waals surface area contributed by atoms with Crippen molar-refractivity contribution in [3.63, 3.8) is 0 Å². The van der Waals surface area contributed by atoms with Crippen molar-refractivity contribution in [1.29, 1.82) is 0 Å². The Hall–Kier alpha value is -4.49. The Kier molecular flexibility index (Phi) is 9.09. The van der Waals surface area contributed by atoms with Crippen LogP contribution in [0.25, 0.3) is 11.0 Å². The number of amides is 1. The van der Waals surface area contributed by atoms with Crippen LogP contribution in [-0.4, -0.2) is 33.4 Å². The molecule has 0 spiro atoms. The zero-order chi connectivity index (χ0) is 33.3. The Labute approximate surface area is 261 Å². The van der Waals surface area contributed by atoms with Gasteiger partial charge in [-0.25, -0.2) is 4.98 Å². The van der Waals surface area contributed by atoms with Crippen LogP contribution in [-0.2, 0) is 17.5 Å². The number of rotatable bonds is 9. The first kappa shape index (κ1) is 32.9. The third-order valence-corrected chi connectivity index (χ3v) is 7.75. The number of anilines is 2. The van der Waals surface area contributed by atoms with Crippen molar-refractivity contribution in [3.05, 3.63) is 72.1 Å². The number of nitrogens with one attached hydrogen (secondary N) is 2. The number of imidazole rings is 1. The van der Waals surface area contributed by atoms with E-state index >= 15 is 0 Å². The SMILES string of the molecule is CC1CC(n2c(Nc3ccc(OC(F)(F)F)cc3)nc3cc(OCC(=O)NCc4ncccc4C(F)(F)F)ccc32)CC(C)(C)C1. The van der Waals surface area contributed by atoms with Crippen molar-refractivity contribution < 1.29 is 40.6 Å². The van der Waals surface area contributed by atoms with Crippen molar-refractivity contribution in [3.8, 4) is 11.5 Å². The summed E-state index contributed by atoms with van der Waals surface area (Å²) in [6.45, 7) is 5.77. The summed E-state index contributed by atoms with van der Waals surface area (Å²) in [6, 6.07) is 12.7. The number of aromatic nitrogens is 3. The maximum atomic E-state index is 13.2. The molecule has 0 radical (unpaired) electrons. The fourth-order valence-electron chi connectivity index (χ4n) is 6.21. The molecule has 1 aliphatic rings. The van der Waals surface area contributed by atoms with Gasteiger partial charge in [0.25, 0.3) is 5.91 Å². The molecular weight excluding hydrogens is 616 g/mol. The molecule has 1 amide bonds. The third-order valence-electron chi connectivity index (χ3n) is 7.75. The molecule has 0 saturated heterocycles. The standard InChI is InChI=1S/C32H33F6N5O3/c1-19-13-21(16-30(2,3)15-19)43-27-11-10-23(45-18-28(44)40-17-26-24(31(33,34)35)5-4-12-39-26)14-25(27)42-29(43)41-20-6-8-22(9-7-20)46-32(36,37)38/h4-12,14,19,21H,13,15-18H2,1-3H3,(H,40,44)(H,41,42). The first-order valence-corrected chi connectivity index (χ1v) is 14.6.